The van der Waals surface area contributed by atoms with Crippen LogP contribution in [0.25, 0.3) is 0 Å². The van der Waals surface area contributed by atoms with Crippen LogP contribution in [0, 0.1) is 6.92 Å². The van der Waals surface area contributed by atoms with Gasteiger partial charge in [-0.15, -0.1) is 24.0 Å². The number of aromatic nitrogens is 2. The Morgan fingerprint density at radius 1 is 1.18 bits per heavy atom. The molecular formula is C16H24IN5. The Labute approximate surface area is 149 Å². The summed E-state index contributed by atoms with van der Waals surface area (Å²) in [4.78, 5) is 9.03. The Morgan fingerprint density at radius 2 is 1.95 bits per heavy atom. The molecule has 0 atom stereocenters. The first kappa shape index (κ1) is 18.5. The van der Waals surface area contributed by atoms with Crippen LogP contribution < -0.4 is 10.6 Å². The molecule has 0 aliphatic rings. The first-order valence-electron chi connectivity index (χ1n) is 7.33. The number of guanidine groups is 1. The minimum atomic E-state index is 0. The highest BCUT2D eigenvalue weighted by atomic mass is 127. The topological polar surface area (TPSA) is 54.2 Å². The number of hydrogen-bond acceptors (Lipinski definition) is 2. The van der Waals surface area contributed by atoms with E-state index in [9.17, 15) is 0 Å². The molecular weight excluding hydrogens is 389 g/mol. The highest BCUT2D eigenvalue weighted by Gasteiger charge is 1.98. The zero-order valence-electron chi connectivity index (χ0n) is 13.1. The first-order chi connectivity index (χ1) is 10.3. The smallest absolute Gasteiger partial charge is 0.191 e. The van der Waals surface area contributed by atoms with Crippen molar-refractivity contribution in [3.8, 4) is 0 Å². The van der Waals surface area contributed by atoms with Crippen LogP contribution in [0.5, 0.6) is 0 Å². The van der Waals surface area contributed by atoms with Crippen LogP contribution in [0.1, 0.15) is 18.3 Å². The summed E-state index contributed by atoms with van der Waals surface area (Å²) in [7, 11) is 0. The molecule has 0 saturated heterocycles. The van der Waals surface area contributed by atoms with Crippen LogP contribution in [0.4, 0.5) is 0 Å². The van der Waals surface area contributed by atoms with E-state index in [0.717, 1.165) is 37.0 Å². The fraction of sp³-hybridized carbons (Fsp3) is 0.375. The van der Waals surface area contributed by atoms with E-state index in [2.05, 4.69) is 44.5 Å². The van der Waals surface area contributed by atoms with Crippen LogP contribution in [0.3, 0.4) is 0 Å². The lowest BCUT2D eigenvalue weighted by Gasteiger charge is -2.11. The summed E-state index contributed by atoms with van der Waals surface area (Å²) in [5, 5.41) is 6.58. The van der Waals surface area contributed by atoms with Gasteiger partial charge in [-0.3, -0.25) is 4.98 Å². The largest absolute Gasteiger partial charge is 0.357 e. The summed E-state index contributed by atoms with van der Waals surface area (Å²) in [6.45, 7) is 7.24. The maximum absolute atomic E-state index is 4.57. The Bertz CT molecular complexity index is 566. The third-order valence-electron chi connectivity index (χ3n) is 3.02. The average molecular weight is 413 g/mol. The molecule has 2 heterocycles. The number of rotatable bonds is 6. The zero-order chi connectivity index (χ0) is 14.9. The third-order valence-corrected chi connectivity index (χ3v) is 3.02. The molecule has 2 N–H and O–H groups in total. The second-order valence-corrected chi connectivity index (χ2v) is 4.81. The van der Waals surface area contributed by atoms with Crippen LogP contribution in [-0.4, -0.2) is 28.6 Å². The van der Waals surface area contributed by atoms with Gasteiger partial charge in [-0.1, -0.05) is 6.07 Å². The number of halogens is 1. The lowest BCUT2D eigenvalue weighted by Crippen LogP contribution is -2.38. The quantitative estimate of drug-likeness (QED) is 0.435. The fourth-order valence-corrected chi connectivity index (χ4v) is 2.01. The van der Waals surface area contributed by atoms with Crippen LogP contribution >= 0.6 is 24.0 Å². The van der Waals surface area contributed by atoms with Crippen LogP contribution in [0.2, 0.25) is 0 Å². The molecule has 2 aromatic heterocycles. The van der Waals surface area contributed by atoms with Crippen molar-refractivity contribution in [2.75, 3.05) is 13.1 Å². The summed E-state index contributed by atoms with van der Waals surface area (Å²) in [6, 6.07) is 10.1. The van der Waals surface area contributed by atoms with E-state index in [1.807, 2.05) is 37.3 Å². The number of nitrogens with one attached hydrogen (secondary N) is 2. The second-order valence-electron chi connectivity index (χ2n) is 4.81. The molecule has 0 bridgehead atoms. The van der Waals surface area contributed by atoms with Gasteiger partial charge in [0.15, 0.2) is 5.96 Å². The minimum Gasteiger partial charge on any atom is -0.357 e. The molecule has 6 heteroatoms. The monoisotopic (exact) mass is 413 g/mol. The lowest BCUT2D eigenvalue weighted by atomic mass is 10.3. The SMILES string of the molecule is CCNC(=NCc1cccc(C)n1)NCCn1cccc1.I. The fourth-order valence-electron chi connectivity index (χ4n) is 2.01. The van der Waals surface area contributed by atoms with Gasteiger partial charge in [-0.05, 0) is 38.1 Å². The van der Waals surface area contributed by atoms with E-state index in [1.165, 1.54) is 0 Å². The lowest BCUT2D eigenvalue weighted by molar-refractivity contribution is 0.665. The van der Waals surface area contributed by atoms with E-state index < -0.39 is 0 Å². The van der Waals surface area contributed by atoms with E-state index in [0.29, 0.717) is 6.54 Å². The van der Waals surface area contributed by atoms with Crippen LogP contribution in [0.15, 0.2) is 47.7 Å². The second kappa shape index (κ2) is 10.2. The Morgan fingerprint density at radius 3 is 2.64 bits per heavy atom. The molecule has 0 aliphatic carbocycles. The molecule has 2 aromatic rings. The number of pyridine rings is 1. The Kier molecular flexibility index (Phi) is 8.57. The maximum Gasteiger partial charge on any atom is 0.191 e. The van der Waals surface area contributed by atoms with Gasteiger partial charge in [0.2, 0.25) is 0 Å². The first-order valence-corrected chi connectivity index (χ1v) is 7.33. The molecule has 0 amide bonds. The molecule has 0 spiro atoms. The summed E-state index contributed by atoms with van der Waals surface area (Å²) >= 11 is 0. The van der Waals surface area contributed by atoms with Crippen molar-refractivity contribution in [1.82, 2.24) is 20.2 Å². The van der Waals surface area contributed by atoms with Gasteiger partial charge in [0, 0.05) is 37.7 Å². The van der Waals surface area contributed by atoms with Gasteiger partial charge in [0.25, 0.3) is 0 Å². The van der Waals surface area contributed by atoms with Crippen molar-refractivity contribution in [1.29, 1.82) is 0 Å². The van der Waals surface area contributed by atoms with E-state index in [4.69, 9.17) is 0 Å². The number of hydrogen-bond donors (Lipinski definition) is 2. The Hall–Kier alpha value is -1.57. The molecule has 120 valence electrons. The molecule has 0 aromatic carbocycles. The van der Waals surface area contributed by atoms with Crippen molar-refractivity contribution in [2.24, 2.45) is 4.99 Å². The molecule has 0 radical (unpaired) electrons. The van der Waals surface area contributed by atoms with Gasteiger partial charge in [-0.2, -0.15) is 0 Å². The molecule has 5 nitrogen and oxygen atoms in total. The standard InChI is InChI=1S/C16H23N5.HI/c1-3-17-16(18-9-12-21-10-4-5-11-21)19-13-15-8-6-7-14(2)20-15;/h4-8,10-11H,3,9,12-13H2,1-2H3,(H2,17,18,19);1H. The molecule has 0 fully saturated rings. The summed E-state index contributed by atoms with van der Waals surface area (Å²) in [5.41, 5.74) is 2.01. The number of nitrogens with zero attached hydrogens (tertiary/aromatic N) is 3. The number of aryl methyl sites for hydroxylation is 1. The molecule has 0 aliphatic heterocycles. The van der Waals surface area contributed by atoms with E-state index in [1.54, 1.807) is 0 Å². The van der Waals surface area contributed by atoms with Gasteiger partial charge in [0.1, 0.15) is 0 Å². The Balaban J connectivity index is 0.00000242. The van der Waals surface area contributed by atoms with E-state index >= 15 is 0 Å². The maximum atomic E-state index is 4.57. The van der Waals surface area contributed by atoms with Gasteiger partial charge in [0.05, 0.1) is 12.2 Å². The van der Waals surface area contributed by atoms with Gasteiger partial charge >= 0.3 is 0 Å². The highest BCUT2D eigenvalue weighted by molar-refractivity contribution is 14.0. The molecule has 0 saturated carbocycles. The molecule has 2 rings (SSSR count). The number of aliphatic imine (C=N–C) groups is 1. The van der Waals surface area contributed by atoms with Crippen LogP contribution in [-0.2, 0) is 13.1 Å². The van der Waals surface area contributed by atoms with Crippen molar-refractivity contribution in [3.63, 3.8) is 0 Å². The van der Waals surface area contributed by atoms with E-state index in [-0.39, 0.29) is 24.0 Å². The molecule has 0 unspecified atom stereocenters. The predicted molar refractivity (Wildman–Crippen MR) is 102 cm³/mol. The van der Waals surface area contributed by atoms with Gasteiger partial charge < -0.3 is 15.2 Å². The minimum absolute atomic E-state index is 0. The van der Waals surface area contributed by atoms with Crippen molar-refractivity contribution in [2.45, 2.75) is 26.9 Å². The summed E-state index contributed by atoms with van der Waals surface area (Å²) < 4.78 is 2.14. The third kappa shape index (κ3) is 6.46. The van der Waals surface area contributed by atoms with Crippen molar-refractivity contribution >= 4 is 29.9 Å². The predicted octanol–water partition coefficient (Wildman–Crippen LogP) is 2.56. The van der Waals surface area contributed by atoms with Crippen molar-refractivity contribution < 1.29 is 0 Å². The normalized spacial score (nSPS) is 10.9. The van der Waals surface area contributed by atoms with Crippen molar-refractivity contribution in [3.05, 3.63) is 54.1 Å². The summed E-state index contributed by atoms with van der Waals surface area (Å²) in [5.74, 6) is 0.827. The summed E-state index contributed by atoms with van der Waals surface area (Å²) in [6.07, 6.45) is 4.12. The highest BCUT2D eigenvalue weighted by Crippen LogP contribution is 1.99. The average Bonchev–Trinajstić information content (AvgIpc) is 2.98. The van der Waals surface area contributed by atoms with Gasteiger partial charge in [-0.25, -0.2) is 4.99 Å². The molecule has 22 heavy (non-hydrogen) atoms. The zero-order valence-corrected chi connectivity index (χ0v) is 15.5.